The van der Waals surface area contributed by atoms with Gasteiger partial charge in [0, 0.05) is 13.7 Å². The molecule has 5 heteroatoms. The minimum absolute atomic E-state index is 0.112. The fourth-order valence-electron chi connectivity index (χ4n) is 2.15. The second kappa shape index (κ2) is 6.34. The molecule has 106 valence electrons. The van der Waals surface area contributed by atoms with Crippen molar-refractivity contribution in [2.24, 2.45) is 0 Å². The fraction of sp³-hybridized carbons (Fsp3) is 0.333. The van der Waals surface area contributed by atoms with Crippen molar-refractivity contribution in [1.82, 2.24) is 15.1 Å². The Bertz CT molecular complexity index is 591. The zero-order valence-corrected chi connectivity index (χ0v) is 12.0. The summed E-state index contributed by atoms with van der Waals surface area (Å²) in [6, 6.07) is 9.78. The Hall–Kier alpha value is -2.14. The molecule has 1 N–H and O–H groups in total. The number of aryl methyl sites for hydroxylation is 1. The molecule has 1 amide bonds. The maximum absolute atomic E-state index is 12.2. The van der Waals surface area contributed by atoms with Gasteiger partial charge in [-0.05, 0) is 26.0 Å². The summed E-state index contributed by atoms with van der Waals surface area (Å²) in [6.07, 6.45) is 0. The summed E-state index contributed by atoms with van der Waals surface area (Å²) in [5.74, 6) is -0.112. The first-order chi connectivity index (χ1) is 9.65. The largest absolute Gasteiger partial charge is 0.383 e. The Morgan fingerprint density at radius 1 is 1.30 bits per heavy atom. The van der Waals surface area contributed by atoms with E-state index in [9.17, 15) is 4.79 Å². The van der Waals surface area contributed by atoms with Crippen molar-refractivity contribution < 1.29 is 9.53 Å². The SMILES string of the molecule is COCCNC(=O)c1c(C)nn(-c2ccccc2)c1C. The van der Waals surface area contributed by atoms with Crippen LogP contribution in [0.4, 0.5) is 0 Å². The standard InChI is InChI=1S/C15H19N3O2/c1-11-14(15(19)16-9-10-20-3)12(2)18(17-11)13-7-5-4-6-8-13/h4-8H,9-10H2,1-3H3,(H,16,19). The molecule has 0 aliphatic rings. The summed E-state index contributed by atoms with van der Waals surface area (Å²) >= 11 is 0. The summed E-state index contributed by atoms with van der Waals surface area (Å²) in [7, 11) is 1.61. The lowest BCUT2D eigenvalue weighted by atomic mass is 10.2. The van der Waals surface area contributed by atoms with Crippen LogP contribution in [-0.2, 0) is 4.74 Å². The Labute approximate surface area is 118 Å². The number of aromatic nitrogens is 2. The average Bonchev–Trinajstić information content (AvgIpc) is 2.75. The van der Waals surface area contributed by atoms with Crippen LogP contribution in [0.1, 0.15) is 21.7 Å². The van der Waals surface area contributed by atoms with E-state index in [1.807, 2.05) is 44.2 Å². The van der Waals surface area contributed by atoms with Gasteiger partial charge in [-0.25, -0.2) is 4.68 Å². The number of ether oxygens (including phenoxy) is 1. The summed E-state index contributed by atoms with van der Waals surface area (Å²) < 4.78 is 6.72. The predicted molar refractivity (Wildman–Crippen MR) is 77.2 cm³/mol. The van der Waals surface area contributed by atoms with E-state index in [2.05, 4.69) is 10.4 Å². The summed E-state index contributed by atoms with van der Waals surface area (Å²) in [4.78, 5) is 12.2. The Kier molecular flexibility index (Phi) is 4.53. The molecule has 5 nitrogen and oxygen atoms in total. The number of hydrogen-bond acceptors (Lipinski definition) is 3. The van der Waals surface area contributed by atoms with Crippen molar-refractivity contribution in [3.8, 4) is 5.69 Å². The molecule has 2 rings (SSSR count). The molecule has 0 aliphatic carbocycles. The number of hydrogen-bond donors (Lipinski definition) is 1. The first-order valence-electron chi connectivity index (χ1n) is 6.54. The van der Waals surface area contributed by atoms with Crippen molar-refractivity contribution in [3.05, 3.63) is 47.3 Å². The number of benzene rings is 1. The smallest absolute Gasteiger partial charge is 0.255 e. The number of carbonyl (C=O) groups is 1. The lowest BCUT2D eigenvalue weighted by Crippen LogP contribution is -2.27. The number of nitrogens with one attached hydrogen (secondary N) is 1. The van der Waals surface area contributed by atoms with E-state index < -0.39 is 0 Å². The van der Waals surface area contributed by atoms with Gasteiger partial charge in [0.2, 0.25) is 0 Å². The highest BCUT2D eigenvalue weighted by molar-refractivity contribution is 5.96. The molecule has 0 aliphatic heterocycles. The average molecular weight is 273 g/mol. The zero-order valence-electron chi connectivity index (χ0n) is 12.0. The van der Waals surface area contributed by atoms with Gasteiger partial charge in [-0.2, -0.15) is 5.10 Å². The highest BCUT2D eigenvalue weighted by atomic mass is 16.5. The highest BCUT2D eigenvalue weighted by Crippen LogP contribution is 2.17. The van der Waals surface area contributed by atoms with Gasteiger partial charge in [0.15, 0.2) is 0 Å². The van der Waals surface area contributed by atoms with Crippen LogP contribution in [0, 0.1) is 13.8 Å². The number of nitrogens with zero attached hydrogens (tertiary/aromatic N) is 2. The first-order valence-corrected chi connectivity index (χ1v) is 6.54. The quantitative estimate of drug-likeness (QED) is 0.846. The van der Waals surface area contributed by atoms with Crippen LogP contribution >= 0.6 is 0 Å². The number of methoxy groups -OCH3 is 1. The first kappa shape index (κ1) is 14.3. The molecule has 0 saturated heterocycles. The third-order valence-electron chi connectivity index (χ3n) is 3.11. The van der Waals surface area contributed by atoms with Gasteiger partial charge in [0.1, 0.15) is 0 Å². The topological polar surface area (TPSA) is 56.1 Å². The molecule has 0 spiro atoms. The minimum atomic E-state index is -0.112. The van der Waals surface area contributed by atoms with Gasteiger partial charge in [-0.1, -0.05) is 18.2 Å². The normalized spacial score (nSPS) is 10.6. The van der Waals surface area contributed by atoms with Crippen molar-refractivity contribution in [3.63, 3.8) is 0 Å². The molecular weight excluding hydrogens is 254 g/mol. The maximum atomic E-state index is 12.2. The summed E-state index contributed by atoms with van der Waals surface area (Å²) in [6.45, 7) is 4.73. The number of amides is 1. The van der Waals surface area contributed by atoms with E-state index in [-0.39, 0.29) is 5.91 Å². The molecular formula is C15H19N3O2. The third kappa shape index (κ3) is 2.88. The molecule has 0 fully saturated rings. The molecule has 0 unspecified atom stereocenters. The van der Waals surface area contributed by atoms with Crippen LogP contribution in [0.15, 0.2) is 30.3 Å². The molecule has 1 aromatic heterocycles. The number of para-hydroxylation sites is 1. The van der Waals surface area contributed by atoms with E-state index in [1.165, 1.54) is 0 Å². The van der Waals surface area contributed by atoms with Gasteiger partial charge in [-0.15, -0.1) is 0 Å². The summed E-state index contributed by atoms with van der Waals surface area (Å²) in [5, 5.41) is 7.28. The molecule has 2 aromatic rings. The van der Waals surface area contributed by atoms with Gasteiger partial charge in [0.05, 0.1) is 29.2 Å². The third-order valence-corrected chi connectivity index (χ3v) is 3.11. The van der Waals surface area contributed by atoms with E-state index >= 15 is 0 Å². The van der Waals surface area contributed by atoms with Crippen LogP contribution < -0.4 is 5.32 Å². The second-order valence-electron chi connectivity index (χ2n) is 4.54. The predicted octanol–water partition coefficient (Wildman–Crippen LogP) is 1.87. The van der Waals surface area contributed by atoms with Crippen LogP contribution in [0.2, 0.25) is 0 Å². The molecule has 20 heavy (non-hydrogen) atoms. The van der Waals surface area contributed by atoms with Crippen molar-refractivity contribution in [1.29, 1.82) is 0 Å². The summed E-state index contributed by atoms with van der Waals surface area (Å²) in [5.41, 5.74) is 3.14. The monoisotopic (exact) mass is 273 g/mol. The van der Waals surface area contributed by atoms with Gasteiger partial charge in [0.25, 0.3) is 5.91 Å². The molecule has 0 radical (unpaired) electrons. The van der Waals surface area contributed by atoms with E-state index in [0.717, 1.165) is 17.1 Å². The zero-order chi connectivity index (χ0) is 14.5. The second-order valence-corrected chi connectivity index (χ2v) is 4.54. The Balaban J connectivity index is 2.28. The number of rotatable bonds is 5. The molecule has 0 atom stereocenters. The van der Waals surface area contributed by atoms with Crippen molar-refractivity contribution in [2.45, 2.75) is 13.8 Å². The minimum Gasteiger partial charge on any atom is -0.383 e. The van der Waals surface area contributed by atoms with Crippen LogP contribution in [0.25, 0.3) is 5.69 Å². The lowest BCUT2D eigenvalue weighted by Gasteiger charge is -2.06. The number of carbonyl (C=O) groups excluding carboxylic acids is 1. The highest BCUT2D eigenvalue weighted by Gasteiger charge is 2.18. The van der Waals surface area contributed by atoms with E-state index in [4.69, 9.17) is 4.74 Å². The van der Waals surface area contributed by atoms with Gasteiger partial charge >= 0.3 is 0 Å². The van der Waals surface area contributed by atoms with Gasteiger partial charge in [-0.3, -0.25) is 4.79 Å². The lowest BCUT2D eigenvalue weighted by molar-refractivity contribution is 0.0936. The molecule has 1 heterocycles. The van der Waals surface area contributed by atoms with Gasteiger partial charge < -0.3 is 10.1 Å². The van der Waals surface area contributed by atoms with Crippen LogP contribution in [-0.4, -0.2) is 35.9 Å². The van der Waals surface area contributed by atoms with E-state index in [1.54, 1.807) is 11.8 Å². The molecule has 0 bridgehead atoms. The van der Waals surface area contributed by atoms with Crippen LogP contribution in [0.5, 0.6) is 0 Å². The van der Waals surface area contributed by atoms with Crippen LogP contribution in [0.3, 0.4) is 0 Å². The van der Waals surface area contributed by atoms with Crippen molar-refractivity contribution in [2.75, 3.05) is 20.3 Å². The van der Waals surface area contributed by atoms with E-state index in [0.29, 0.717) is 18.7 Å². The Morgan fingerprint density at radius 3 is 2.65 bits per heavy atom. The van der Waals surface area contributed by atoms with Crippen molar-refractivity contribution >= 4 is 5.91 Å². The Morgan fingerprint density at radius 2 is 2.00 bits per heavy atom. The maximum Gasteiger partial charge on any atom is 0.255 e. The molecule has 0 saturated carbocycles. The molecule has 1 aromatic carbocycles. The fourth-order valence-corrected chi connectivity index (χ4v) is 2.15.